The Labute approximate surface area is 108 Å². The molecule has 0 unspecified atom stereocenters. The van der Waals surface area contributed by atoms with Gasteiger partial charge in [0.15, 0.2) is 11.4 Å². The Balaban J connectivity index is 2.71. The Kier molecular flexibility index (Phi) is 5.53. The van der Waals surface area contributed by atoms with E-state index in [1.54, 1.807) is 0 Å². The summed E-state index contributed by atoms with van der Waals surface area (Å²) in [6.07, 6.45) is 0.578. The van der Waals surface area contributed by atoms with Crippen molar-refractivity contribution in [3.63, 3.8) is 0 Å². The summed E-state index contributed by atoms with van der Waals surface area (Å²) in [6.45, 7) is 1.46. The summed E-state index contributed by atoms with van der Waals surface area (Å²) in [5, 5.41) is 0.00391. The van der Waals surface area contributed by atoms with Crippen molar-refractivity contribution < 1.29 is 18.4 Å². The first kappa shape index (κ1) is 14.4. The van der Waals surface area contributed by atoms with Crippen molar-refractivity contribution in [3.05, 3.63) is 34.9 Å². The Bertz CT molecular complexity index is 507. The molecule has 0 aromatic heterocycles. The van der Waals surface area contributed by atoms with Crippen LogP contribution in [0.3, 0.4) is 0 Å². The number of hydrogen-bond donors (Lipinski definition) is 0. The highest BCUT2D eigenvalue weighted by Gasteiger charge is 2.08. The maximum atomic E-state index is 13.2. The molecular weight excluding hydrogens is 258 g/mol. The molecule has 0 atom stereocenters. The van der Waals surface area contributed by atoms with Gasteiger partial charge in [0.2, 0.25) is 0 Å². The molecule has 94 valence electrons. The van der Waals surface area contributed by atoms with E-state index in [-0.39, 0.29) is 17.0 Å². The van der Waals surface area contributed by atoms with Gasteiger partial charge in [-0.15, -0.1) is 0 Å². The van der Waals surface area contributed by atoms with Gasteiger partial charge in [0.1, 0.15) is 11.6 Å². The van der Waals surface area contributed by atoms with Crippen LogP contribution >= 0.6 is 11.8 Å². The third-order valence-electron chi connectivity index (χ3n) is 1.96. The van der Waals surface area contributed by atoms with Gasteiger partial charge in [-0.2, -0.15) is 0 Å². The van der Waals surface area contributed by atoms with Gasteiger partial charge in [-0.3, -0.25) is 9.59 Å². The van der Waals surface area contributed by atoms with Gasteiger partial charge in [-0.1, -0.05) is 23.6 Å². The second-order valence-electron chi connectivity index (χ2n) is 3.36. The molecule has 0 saturated heterocycles. The highest BCUT2D eigenvalue weighted by Crippen LogP contribution is 2.13. The zero-order chi connectivity index (χ0) is 13.5. The molecule has 1 rings (SSSR count). The minimum Gasteiger partial charge on any atom is -0.298 e. The molecule has 5 heteroatoms. The summed E-state index contributed by atoms with van der Waals surface area (Å²) < 4.78 is 26.4. The fourth-order valence-corrected chi connectivity index (χ4v) is 1.67. The molecule has 0 spiro atoms. The summed E-state index contributed by atoms with van der Waals surface area (Å²) in [7, 11) is 0. The quantitative estimate of drug-likeness (QED) is 0.480. The summed E-state index contributed by atoms with van der Waals surface area (Å²) in [5.74, 6) is 3.98. The molecule has 0 aliphatic carbocycles. The minimum absolute atomic E-state index is 0.00391. The summed E-state index contributed by atoms with van der Waals surface area (Å²) in [5.41, 5.74) is -0.420. The number of carbonyl (C=O) groups is 2. The maximum absolute atomic E-state index is 13.2. The van der Waals surface area contributed by atoms with Crippen LogP contribution in [0.4, 0.5) is 8.78 Å². The molecule has 1 aromatic carbocycles. The van der Waals surface area contributed by atoms with Crippen LogP contribution in [-0.2, 0) is 4.79 Å². The van der Waals surface area contributed by atoms with Crippen molar-refractivity contribution in [1.29, 1.82) is 0 Å². The van der Waals surface area contributed by atoms with E-state index in [0.29, 0.717) is 12.2 Å². The van der Waals surface area contributed by atoms with Crippen LogP contribution in [0.1, 0.15) is 29.3 Å². The van der Waals surface area contributed by atoms with Crippen LogP contribution in [-0.4, -0.2) is 17.2 Å². The lowest BCUT2D eigenvalue weighted by Gasteiger charge is -1.98. The molecule has 2 nitrogen and oxygen atoms in total. The molecule has 0 aliphatic heterocycles. The predicted octanol–water partition coefficient (Wildman–Crippen LogP) is 2.80. The van der Waals surface area contributed by atoms with Crippen LogP contribution in [0.5, 0.6) is 0 Å². The molecule has 0 radical (unpaired) electrons. The Morgan fingerprint density at radius 2 is 2.00 bits per heavy atom. The number of aldehydes is 1. The molecule has 0 aliphatic rings. The molecule has 0 bridgehead atoms. The second kappa shape index (κ2) is 6.92. The summed E-state index contributed by atoms with van der Waals surface area (Å²) in [4.78, 5) is 21.0. The number of hydrogen-bond acceptors (Lipinski definition) is 3. The van der Waals surface area contributed by atoms with E-state index in [4.69, 9.17) is 0 Å². The smallest absolute Gasteiger partial charge is 0.185 e. The fraction of sp³-hybridized carbons (Fsp3) is 0.231. The molecule has 18 heavy (non-hydrogen) atoms. The van der Waals surface area contributed by atoms with E-state index >= 15 is 0 Å². The third-order valence-corrected chi connectivity index (χ3v) is 2.78. The van der Waals surface area contributed by atoms with E-state index in [9.17, 15) is 18.4 Å². The molecule has 0 saturated carbocycles. The van der Waals surface area contributed by atoms with Gasteiger partial charge in [0.25, 0.3) is 0 Å². The number of benzene rings is 1. The van der Waals surface area contributed by atoms with E-state index in [2.05, 4.69) is 11.8 Å². The number of carbonyl (C=O) groups excluding carboxylic acids is 2. The molecule has 0 heterocycles. The fourth-order valence-electron chi connectivity index (χ4n) is 1.18. The van der Waals surface area contributed by atoms with Gasteiger partial charge in [-0.25, -0.2) is 8.78 Å². The average Bonchev–Trinajstić information content (AvgIpc) is 2.27. The molecule has 0 N–H and O–H groups in total. The number of rotatable bonds is 3. The first-order valence-electron chi connectivity index (χ1n) is 5.11. The average molecular weight is 268 g/mol. The van der Waals surface area contributed by atoms with Gasteiger partial charge in [-0.05, 0) is 12.1 Å². The normalized spacial score (nSPS) is 9.50. The van der Waals surface area contributed by atoms with Crippen molar-refractivity contribution in [1.82, 2.24) is 0 Å². The van der Waals surface area contributed by atoms with E-state index in [1.165, 1.54) is 6.92 Å². The highest BCUT2D eigenvalue weighted by molar-refractivity contribution is 8.13. The van der Waals surface area contributed by atoms with Crippen LogP contribution in [0, 0.1) is 23.5 Å². The van der Waals surface area contributed by atoms with E-state index < -0.39 is 17.2 Å². The monoisotopic (exact) mass is 268 g/mol. The largest absolute Gasteiger partial charge is 0.298 e. The zero-order valence-electron chi connectivity index (χ0n) is 9.63. The van der Waals surface area contributed by atoms with Crippen LogP contribution < -0.4 is 0 Å². The van der Waals surface area contributed by atoms with Gasteiger partial charge < -0.3 is 0 Å². The lowest BCUT2D eigenvalue weighted by molar-refractivity contribution is -0.109. The standard InChI is InChI=1S/C13H10F2O2S/c1-9(17)18-5-3-2-4-10-6-12(14)11(8-16)13(15)7-10/h6-8H,3,5H2,1H3. The molecule has 1 aromatic rings. The summed E-state index contributed by atoms with van der Waals surface area (Å²) in [6, 6.07) is 2.02. The minimum atomic E-state index is -0.924. The van der Waals surface area contributed by atoms with Crippen molar-refractivity contribution in [2.75, 3.05) is 5.75 Å². The van der Waals surface area contributed by atoms with Crippen molar-refractivity contribution in [2.24, 2.45) is 0 Å². The van der Waals surface area contributed by atoms with Crippen LogP contribution in [0.2, 0.25) is 0 Å². The van der Waals surface area contributed by atoms with Crippen LogP contribution in [0.15, 0.2) is 12.1 Å². The third kappa shape index (κ3) is 4.30. The SMILES string of the molecule is CC(=O)SCCC#Cc1cc(F)c(C=O)c(F)c1. The summed E-state index contributed by atoms with van der Waals surface area (Å²) >= 11 is 1.14. The predicted molar refractivity (Wildman–Crippen MR) is 66.4 cm³/mol. The van der Waals surface area contributed by atoms with E-state index in [1.807, 2.05) is 0 Å². The lowest BCUT2D eigenvalue weighted by atomic mass is 10.1. The van der Waals surface area contributed by atoms with Gasteiger partial charge >= 0.3 is 0 Å². The van der Waals surface area contributed by atoms with Gasteiger partial charge in [0, 0.05) is 24.7 Å². The Hall–Kier alpha value is -1.67. The highest BCUT2D eigenvalue weighted by atomic mass is 32.2. The first-order chi connectivity index (χ1) is 8.54. The molecule has 0 amide bonds. The second-order valence-corrected chi connectivity index (χ2v) is 4.64. The Morgan fingerprint density at radius 1 is 1.39 bits per heavy atom. The molecular formula is C13H10F2O2S. The number of thioether (sulfide) groups is 1. The number of halogens is 2. The Morgan fingerprint density at radius 3 is 2.50 bits per heavy atom. The maximum Gasteiger partial charge on any atom is 0.185 e. The van der Waals surface area contributed by atoms with Crippen LogP contribution in [0.25, 0.3) is 0 Å². The van der Waals surface area contributed by atoms with Crippen molar-refractivity contribution in [3.8, 4) is 11.8 Å². The lowest BCUT2D eigenvalue weighted by Crippen LogP contribution is -1.94. The van der Waals surface area contributed by atoms with Crippen molar-refractivity contribution in [2.45, 2.75) is 13.3 Å². The topological polar surface area (TPSA) is 34.1 Å². The molecule has 0 fully saturated rings. The van der Waals surface area contributed by atoms with Crippen molar-refractivity contribution >= 4 is 23.2 Å². The first-order valence-corrected chi connectivity index (χ1v) is 6.09. The zero-order valence-corrected chi connectivity index (χ0v) is 10.4. The van der Waals surface area contributed by atoms with Gasteiger partial charge in [0.05, 0.1) is 5.56 Å². The van der Waals surface area contributed by atoms with E-state index in [0.717, 1.165) is 23.9 Å².